The lowest BCUT2D eigenvalue weighted by molar-refractivity contribution is -0.116. The molecule has 0 aliphatic heterocycles. The van der Waals surface area contributed by atoms with Gasteiger partial charge in [0.15, 0.2) is 0 Å². The zero-order valence-corrected chi connectivity index (χ0v) is 14.0. The monoisotopic (exact) mass is 353 g/mol. The topological polar surface area (TPSA) is 54.9 Å². The van der Waals surface area contributed by atoms with E-state index in [1.54, 1.807) is 0 Å². The van der Waals surface area contributed by atoms with Crippen molar-refractivity contribution in [2.24, 2.45) is 5.92 Å². The van der Waals surface area contributed by atoms with Crippen LogP contribution in [-0.4, -0.2) is 20.9 Å². The number of anilines is 1. The third-order valence-corrected chi connectivity index (χ3v) is 5.21. The molecule has 1 aromatic carbocycles. The molecular weight excluding hydrogens is 338 g/mol. The highest BCUT2D eigenvalue weighted by Crippen LogP contribution is 2.29. The summed E-state index contributed by atoms with van der Waals surface area (Å²) in [5, 5.41) is 12.3. The fourth-order valence-electron chi connectivity index (χ4n) is 1.67. The number of carbonyl (C=O) groups is 1. The number of amides is 1. The van der Waals surface area contributed by atoms with Gasteiger partial charge in [0.2, 0.25) is 11.0 Å². The molecule has 0 radical (unpaired) electrons. The molecule has 0 fully saturated rings. The van der Waals surface area contributed by atoms with Gasteiger partial charge in [-0.2, -0.15) is 0 Å². The van der Waals surface area contributed by atoms with Crippen molar-refractivity contribution in [3.8, 4) is 10.6 Å². The Morgan fingerprint density at radius 2 is 2.00 bits per heavy atom. The Hall–Kier alpha value is -1.27. The second-order valence-electron chi connectivity index (χ2n) is 4.86. The highest BCUT2D eigenvalue weighted by molar-refractivity contribution is 9.10. The second-order valence-corrected chi connectivity index (χ2v) is 6.83. The van der Waals surface area contributed by atoms with Crippen molar-refractivity contribution in [1.82, 2.24) is 10.2 Å². The van der Waals surface area contributed by atoms with Crippen LogP contribution in [0.4, 0.5) is 5.13 Å². The minimum Gasteiger partial charge on any atom is -0.300 e. The van der Waals surface area contributed by atoms with E-state index >= 15 is 0 Å². The predicted molar refractivity (Wildman–Crippen MR) is 86.3 cm³/mol. The number of alkyl halides is 1. The van der Waals surface area contributed by atoms with Crippen LogP contribution < -0.4 is 5.32 Å². The lowest BCUT2D eigenvalue weighted by Gasteiger charge is -2.11. The molecule has 1 heterocycles. The van der Waals surface area contributed by atoms with Crippen LogP contribution in [0, 0.1) is 12.8 Å². The van der Waals surface area contributed by atoms with E-state index in [1.165, 1.54) is 11.3 Å². The van der Waals surface area contributed by atoms with E-state index in [0.29, 0.717) is 5.13 Å². The van der Waals surface area contributed by atoms with Gasteiger partial charge in [-0.1, -0.05) is 65.4 Å². The molecular formula is C14H16BrN3OS. The maximum absolute atomic E-state index is 11.9. The van der Waals surface area contributed by atoms with Crippen molar-refractivity contribution in [2.45, 2.75) is 25.6 Å². The first kappa shape index (κ1) is 15.1. The van der Waals surface area contributed by atoms with Crippen LogP contribution in [0.25, 0.3) is 10.6 Å². The Kier molecular flexibility index (Phi) is 4.88. The normalized spacial score (nSPS) is 12.4. The van der Waals surface area contributed by atoms with Crippen molar-refractivity contribution < 1.29 is 4.79 Å². The van der Waals surface area contributed by atoms with E-state index in [0.717, 1.165) is 16.1 Å². The van der Waals surface area contributed by atoms with Crippen LogP contribution in [0.5, 0.6) is 0 Å². The summed E-state index contributed by atoms with van der Waals surface area (Å²) in [4.78, 5) is 11.7. The number of halogens is 1. The smallest absolute Gasteiger partial charge is 0.240 e. The van der Waals surface area contributed by atoms with Gasteiger partial charge >= 0.3 is 0 Å². The first-order chi connectivity index (χ1) is 9.49. The molecule has 6 heteroatoms. The Morgan fingerprint density at radius 3 is 2.65 bits per heavy atom. The number of nitrogens with zero attached hydrogens (tertiary/aromatic N) is 2. The number of carbonyl (C=O) groups excluding carboxylic acids is 1. The maximum Gasteiger partial charge on any atom is 0.240 e. The van der Waals surface area contributed by atoms with Crippen molar-refractivity contribution >= 4 is 38.3 Å². The molecule has 106 valence electrons. The quantitative estimate of drug-likeness (QED) is 0.848. The summed E-state index contributed by atoms with van der Waals surface area (Å²) in [6.45, 7) is 6.00. The number of benzene rings is 1. The molecule has 0 saturated heterocycles. The van der Waals surface area contributed by atoms with Crippen LogP contribution in [-0.2, 0) is 4.79 Å². The fraction of sp³-hybridized carbons (Fsp3) is 0.357. The second kappa shape index (κ2) is 6.45. The minimum absolute atomic E-state index is 0.0903. The van der Waals surface area contributed by atoms with Gasteiger partial charge < -0.3 is 0 Å². The molecule has 2 rings (SSSR count). The molecule has 20 heavy (non-hydrogen) atoms. The molecule has 2 aromatic rings. The summed E-state index contributed by atoms with van der Waals surface area (Å²) in [5.74, 6) is 0.131. The van der Waals surface area contributed by atoms with Gasteiger partial charge in [-0.25, -0.2) is 0 Å². The van der Waals surface area contributed by atoms with Crippen LogP contribution in [0.1, 0.15) is 19.4 Å². The lowest BCUT2D eigenvalue weighted by Crippen LogP contribution is -2.26. The van der Waals surface area contributed by atoms with Gasteiger partial charge in [0, 0.05) is 5.56 Å². The summed E-state index contributed by atoms with van der Waals surface area (Å²) in [6.07, 6.45) is 0. The van der Waals surface area contributed by atoms with Crippen LogP contribution in [0.15, 0.2) is 24.3 Å². The molecule has 0 saturated carbocycles. The Morgan fingerprint density at radius 1 is 1.30 bits per heavy atom. The van der Waals surface area contributed by atoms with Crippen molar-refractivity contribution in [1.29, 1.82) is 0 Å². The minimum atomic E-state index is -0.228. The van der Waals surface area contributed by atoms with Gasteiger partial charge in [-0.15, -0.1) is 10.2 Å². The molecule has 1 atom stereocenters. The SMILES string of the molecule is Cc1ccccc1-c1nnc(NC(=O)C(Br)C(C)C)s1. The molecule has 0 spiro atoms. The molecule has 1 N–H and O–H groups in total. The third-order valence-electron chi connectivity index (χ3n) is 2.87. The Labute approximate surface area is 130 Å². The lowest BCUT2D eigenvalue weighted by atomic mass is 10.1. The number of nitrogens with one attached hydrogen (secondary N) is 1. The molecule has 1 unspecified atom stereocenters. The van der Waals surface area contributed by atoms with Gasteiger partial charge in [0.05, 0.1) is 4.83 Å². The summed E-state index contributed by atoms with van der Waals surface area (Å²) < 4.78 is 0. The summed E-state index contributed by atoms with van der Waals surface area (Å²) in [6, 6.07) is 7.99. The van der Waals surface area contributed by atoms with Gasteiger partial charge in [0.25, 0.3) is 0 Å². The Bertz CT molecular complexity index is 612. The van der Waals surface area contributed by atoms with Crippen LogP contribution in [0.2, 0.25) is 0 Å². The fourth-order valence-corrected chi connectivity index (χ4v) is 2.62. The molecule has 0 aliphatic carbocycles. The number of aryl methyl sites for hydroxylation is 1. The van der Waals surface area contributed by atoms with Crippen molar-refractivity contribution in [3.63, 3.8) is 0 Å². The number of hydrogen-bond acceptors (Lipinski definition) is 4. The average molecular weight is 354 g/mol. The van der Waals surface area contributed by atoms with Gasteiger partial charge in [0.1, 0.15) is 5.01 Å². The zero-order chi connectivity index (χ0) is 14.7. The average Bonchev–Trinajstić information content (AvgIpc) is 2.86. The highest BCUT2D eigenvalue weighted by Gasteiger charge is 2.20. The first-order valence-corrected chi connectivity index (χ1v) is 8.06. The molecule has 0 aliphatic rings. The van der Waals surface area contributed by atoms with E-state index in [-0.39, 0.29) is 16.7 Å². The van der Waals surface area contributed by atoms with Gasteiger partial charge in [-0.05, 0) is 18.4 Å². The van der Waals surface area contributed by atoms with E-state index < -0.39 is 0 Å². The molecule has 0 bridgehead atoms. The predicted octanol–water partition coefficient (Wildman–Crippen LogP) is 3.87. The maximum atomic E-state index is 11.9. The first-order valence-electron chi connectivity index (χ1n) is 6.33. The number of hydrogen-bond donors (Lipinski definition) is 1. The molecule has 4 nitrogen and oxygen atoms in total. The summed E-state index contributed by atoms with van der Waals surface area (Å²) in [5.41, 5.74) is 2.19. The van der Waals surface area contributed by atoms with E-state index in [4.69, 9.17) is 0 Å². The van der Waals surface area contributed by atoms with Crippen LogP contribution >= 0.6 is 27.3 Å². The molecule has 1 aromatic heterocycles. The standard InChI is InChI=1S/C14H16BrN3OS/c1-8(2)11(15)12(19)16-14-18-17-13(20-14)10-7-5-4-6-9(10)3/h4-8,11H,1-3H3,(H,16,18,19). The summed E-state index contributed by atoms with van der Waals surface area (Å²) >= 11 is 4.76. The largest absolute Gasteiger partial charge is 0.300 e. The third kappa shape index (κ3) is 3.43. The highest BCUT2D eigenvalue weighted by atomic mass is 79.9. The summed E-state index contributed by atoms with van der Waals surface area (Å²) in [7, 11) is 0. The van der Waals surface area contributed by atoms with E-state index in [2.05, 4.69) is 31.4 Å². The van der Waals surface area contributed by atoms with Crippen molar-refractivity contribution in [3.05, 3.63) is 29.8 Å². The van der Waals surface area contributed by atoms with E-state index in [9.17, 15) is 4.79 Å². The Balaban J connectivity index is 2.14. The number of aromatic nitrogens is 2. The zero-order valence-electron chi connectivity index (χ0n) is 11.6. The van der Waals surface area contributed by atoms with Gasteiger partial charge in [-0.3, -0.25) is 10.1 Å². The molecule has 1 amide bonds. The van der Waals surface area contributed by atoms with Crippen LogP contribution in [0.3, 0.4) is 0 Å². The number of rotatable bonds is 4. The van der Waals surface area contributed by atoms with E-state index in [1.807, 2.05) is 45.0 Å². The van der Waals surface area contributed by atoms with Crippen molar-refractivity contribution in [2.75, 3.05) is 5.32 Å².